The molecule has 0 saturated heterocycles. The van der Waals surface area contributed by atoms with E-state index in [2.05, 4.69) is 0 Å². The van der Waals surface area contributed by atoms with Crippen molar-refractivity contribution in [2.45, 2.75) is 9.79 Å². The Morgan fingerprint density at radius 1 is 0.789 bits per heavy atom. The first-order valence-electron chi connectivity index (χ1n) is 5.17. The molecule has 19 heavy (non-hydrogen) atoms. The number of hydrogen-bond acceptors (Lipinski definition) is 4. The second-order valence-corrected chi connectivity index (χ2v) is 5.82. The van der Waals surface area contributed by atoms with Crippen molar-refractivity contribution < 1.29 is 17.2 Å². The van der Waals surface area contributed by atoms with Gasteiger partial charge in [0.2, 0.25) is 9.84 Å². The highest BCUT2D eigenvalue weighted by molar-refractivity contribution is 7.91. The fourth-order valence-corrected chi connectivity index (χ4v) is 2.84. The Bertz CT molecular complexity index is 688. The number of rotatable bonds is 2. The summed E-state index contributed by atoms with van der Waals surface area (Å²) in [7, 11) is -3.91. The Morgan fingerprint density at radius 2 is 1.16 bits per heavy atom. The van der Waals surface area contributed by atoms with Crippen LogP contribution in [0.15, 0.2) is 46.2 Å². The summed E-state index contributed by atoms with van der Waals surface area (Å²) in [5, 5.41) is 0. The van der Waals surface area contributed by atoms with Crippen LogP contribution in [0.3, 0.4) is 0 Å². The fourth-order valence-electron chi connectivity index (χ4n) is 1.51. The summed E-state index contributed by atoms with van der Waals surface area (Å²) >= 11 is 0. The first kappa shape index (κ1) is 13.3. The van der Waals surface area contributed by atoms with Gasteiger partial charge < -0.3 is 11.5 Å². The topological polar surface area (TPSA) is 86.2 Å². The Labute approximate surface area is 108 Å². The molecular formula is C12H10F2N2O2S. The van der Waals surface area contributed by atoms with Crippen molar-refractivity contribution >= 4 is 21.2 Å². The monoisotopic (exact) mass is 284 g/mol. The fraction of sp³-hybridized carbons (Fsp3) is 0. The molecule has 0 saturated carbocycles. The van der Waals surface area contributed by atoms with Crippen molar-refractivity contribution in [3.8, 4) is 0 Å². The molecule has 4 N–H and O–H groups in total. The summed E-state index contributed by atoms with van der Waals surface area (Å²) in [6.07, 6.45) is 0. The molecule has 0 fully saturated rings. The Hall–Kier alpha value is -2.15. The lowest BCUT2D eigenvalue weighted by molar-refractivity contribution is 0.594. The van der Waals surface area contributed by atoms with E-state index < -0.39 is 21.5 Å². The molecule has 0 aliphatic carbocycles. The van der Waals surface area contributed by atoms with Crippen molar-refractivity contribution in [3.63, 3.8) is 0 Å². The van der Waals surface area contributed by atoms with Crippen LogP contribution in [-0.2, 0) is 9.84 Å². The van der Waals surface area contributed by atoms with Crippen LogP contribution in [0.2, 0.25) is 0 Å². The zero-order chi connectivity index (χ0) is 14.2. The van der Waals surface area contributed by atoms with E-state index in [9.17, 15) is 17.2 Å². The third-order valence-electron chi connectivity index (χ3n) is 2.56. The SMILES string of the molecule is Nc1cc(S(=O)(=O)c2ccc(F)c(N)c2)ccc1F. The molecule has 0 spiro atoms. The van der Waals surface area contributed by atoms with Crippen LogP contribution in [0.5, 0.6) is 0 Å². The maximum absolute atomic E-state index is 13.0. The van der Waals surface area contributed by atoms with Crippen LogP contribution >= 0.6 is 0 Å². The third kappa shape index (κ3) is 2.37. The number of nitrogen functional groups attached to an aromatic ring is 2. The first-order chi connectivity index (χ1) is 8.82. The van der Waals surface area contributed by atoms with E-state index in [1.807, 2.05) is 0 Å². The second kappa shape index (κ2) is 4.51. The molecule has 0 bridgehead atoms. The number of halogens is 2. The molecule has 2 aromatic rings. The molecule has 0 radical (unpaired) electrons. The first-order valence-corrected chi connectivity index (χ1v) is 6.66. The molecule has 4 nitrogen and oxygen atoms in total. The molecule has 2 rings (SSSR count). The summed E-state index contributed by atoms with van der Waals surface area (Å²) in [6.45, 7) is 0. The largest absolute Gasteiger partial charge is 0.396 e. The molecule has 0 atom stereocenters. The van der Waals surface area contributed by atoms with Crippen LogP contribution in [0.1, 0.15) is 0 Å². The van der Waals surface area contributed by atoms with E-state index in [4.69, 9.17) is 11.5 Å². The molecule has 0 unspecified atom stereocenters. The van der Waals surface area contributed by atoms with E-state index in [1.54, 1.807) is 0 Å². The summed E-state index contributed by atoms with van der Waals surface area (Å²) in [5.41, 5.74) is 10.1. The Kier molecular flexibility index (Phi) is 3.15. The zero-order valence-electron chi connectivity index (χ0n) is 9.60. The normalized spacial score (nSPS) is 11.5. The van der Waals surface area contributed by atoms with Gasteiger partial charge in [0.25, 0.3) is 0 Å². The van der Waals surface area contributed by atoms with Crippen molar-refractivity contribution in [2.75, 3.05) is 11.5 Å². The molecule has 2 aromatic carbocycles. The minimum absolute atomic E-state index is 0.183. The van der Waals surface area contributed by atoms with Gasteiger partial charge in [0.15, 0.2) is 0 Å². The van der Waals surface area contributed by atoms with Crippen molar-refractivity contribution in [3.05, 3.63) is 48.0 Å². The molecule has 0 aromatic heterocycles. The molecule has 0 amide bonds. The minimum Gasteiger partial charge on any atom is -0.396 e. The van der Waals surface area contributed by atoms with Gasteiger partial charge in [-0.3, -0.25) is 0 Å². The number of benzene rings is 2. The van der Waals surface area contributed by atoms with Gasteiger partial charge in [-0.1, -0.05) is 0 Å². The number of hydrogen-bond donors (Lipinski definition) is 2. The van der Waals surface area contributed by atoms with Crippen LogP contribution in [-0.4, -0.2) is 8.42 Å². The van der Waals surface area contributed by atoms with Crippen LogP contribution < -0.4 is 11.5 Å². The summed E-state index contributed by atoms with van der Waals surface area (Å²) in [6, 6.07) is 6.08. The van der Waals surface area contributed by atoms with Crippen LogP contribution in [0.25, 0.3) is 0 Å². The predicted molar refractivity (Wildman–Crippen MR) is 67.1 cm³/mol. The van der Waals surface area contributed by atoms with Crippen LogP contribution in [0.4, 0.5) is 20.2 Å². The smallest absolute Gasteiger partial charge is 0.206 e. The summed E-state index contributed by atoms with van der Waals surface area (Å²) in [4.78, 5) is -0.366. The number of sulfone groups is 1. The van der Waals surface area contributed by atoms with Gasteiger partial charge in [0.05, 0.1) is 21.2 Å². The maximum Gasteiger partial charge on any atom is 0.206 e. The van der Waals surface area contributed by atoms with Crippen molar-refractivity contribution in [1.82, 2.24) is 0 Å². The average Bonchev–Trinajstić information content (AvgIpc) is 2.35. The lowest BCUT2D eigenvalue weighted by Crippen LogP contribution is -2.05. The van der Waals surface area contributed by atoms with Crippen LogP contribution in [0, 0.1) is 11.6 Å². The van der Waals surface area contributed by atoms with Gasteiger partial charge in [0, 0.05) is 0 Å². The Balaban J connectivity index is 2.58. The lowest BCUT2D eigenvalue weighted by atomic mass is 10.3. The summed E-state index contributed by atoms with van der Waals surface area (Å²) in [5.74, 6) is -1.42. The van der Waals surface area contributed by atoms with Gasteiger partial charge in [0.1, 0.15) is 11.6 Å². The van der Waals surface area contributed by atoms with Gasteiger partial charge in [-0.05, 0) is 36.4 Å². The van der Waals surface area contributed by atoms with Gasteiger partial charge >= 0.3 is 0 Å². The van der Waals surface area contributed by atoms with Gasteiger partial charge in [-0.2, -0.15) is 0 Å². The molecule has 7 heteroatoms. The lowest BCUT2D eigenvalue weighted by Gasteiger charge is -2.07. The van der Waals surface area contributed by atoms with E-state index >= 15 is 0 Å². The van der Waals surface area contributed by atoms with Gasteiger partial charge in [-0.15, -0.1) is 0 Å². The van der Waals surface area contributed by atoms with E-state index in [-0.39, 0.29) is 21.2 Å². The average molecular weight is 284 g/mol. The van der Waals surface area contributed by atoms with Crippen molar-refractivity contribution in [1.29, 1.82) is 0 Å². The predicted octanol–water partition coefficient (Wildman–Crippen LogP) is 1.96. The van der Waals surface area contributed by atoms with E-state index in [0.717, 1.165) is 36.4 Å². The highest BCUT2D eigenvalue weighted by atomic mass is 32.2. The molecule has 100 valence electrons. The zero-order valence-corrected chi connectivity index (χ0v) is 10.4. The Morgan fingerprint density at radius 3 is 1.47 bits per heavy atom. The number of anilines is 2. The quantitative estimate of drug-likeness (QED) is 0.652. The molecule has 0 heterocycles. The van der Waals surface area contributed by atoms with E-state index in [0.29, 0.717) is 0 Å². The highest BCUT2D eigenvalue weighted by Gasteiger charge is 2.19. The van der Waals surface area contributed by atoms with Gasteiger partial charge in [-0.25, -0.2) is 17.2 Å². The molecule has 0 aliphatic rings. The minimum atomic E-state index is -3.91. The van der Waals surface area contributed by atoms with Crippen molar-refractivity contribution in [2.24, 2.45) is 0 Å². The second-order valence-electron chi connectivity index (χ2n) is 3.87. The molecular weight excluding hydrogens is 274 g/mol. The number of nitrogens with two attached hydrogens (primary N) is 2. The third-order valence-corrected chi connectivity index (χ3v) is 4.30. The summed E-state index contributed by atoms with van der Waals surface area (Å²) < 4.78 is 50.4. The molecule has 0 aliphatic heterocycles. The van der Waals surface area contributed by atoms with E-state index in [1.165, 1.54) is 0 Å². The highest BCUT2D eigenvalue weighted by Crippen LogP contribution is 2.25. The maximum atomic E-state index is 13.0. The standard InChI is InChI=1S/C12H10F2N2O2S/c13-9-3-1-7(5-11(9)15)19(17,18)8-2-4-10(14)12(16)6-8/h1-6H,15-16H2.